The Labute approximate surface area is 325 Å². The third-order valence-corrected chi connectivity index (χ3v) is 11.8. The molecule has 0 atom stereocenters. The Bertz CT molecular complexity index is 2060. The van der Waals surface area contributed by atoms with Gasteiger partial charge in [-0.05, 0) is 86.1 Å². The van der Waals surface area contributed by atoms with E-state index in [1.165, 1.54) is 12.1 Å². The molecule has 2 N–H and O–H groups in total. The quantitative estimate of drug-likeness (QED) is 0.0584. The number of aryl methyl sites for hydroxylation is 4. The number of nitrogens with one attached hydrogen (secondary N) is 2. The summed E-state index contributed by atoms with van der Waals surface area (Å²) in [5.41, 5.74) is 1.15. The molecule has 3 rings (SSSR count). The van der Waals surface area contributed by atoms with Crippen LogP contribution in [0.4, 0.5) is 0 Å². The predicted molar refractivity (Wildman–Crippen MR) is 209 cm³/mol. The van der Waals surface area contributed by atoms with Crippen LogP contribution in [0.25, 0.3) is 0 Å². The number of hydrogen-bond donors (Lipinski definition) is 2. The molecule has 0 saturated carbocycles. The van der Waals surface area contributed by atoms with Crippen molar-refractivity contribution < 1.29 is 52.4 Å². The van der Waals surface area contributed by atoms with Crippen molar-refractivity contribution in [3.8, 4) is 0 Å². The smallest absolute Gasteiger partial charge is 0.330 e. The molecule has 0 radical (unpaired) electrons. The number of amides is 2. The zero-order chi connectivity index (χ0) is 41.9. The number of ether oxygens (including phenoxy) is 2. The molecule has 0 aromatic heterocycles. The maximum Gasteiger partial charge on any atom is 0.330 e. The summed E-state index contributed by atoms with van der Waals surface area (Å²) in [5, 5.41) is 4.74. The van der Waals surface area contributed by atoms with Crippen molar-refractivity contribution in [3.63, 3.8) is 0 Å². The number of ketones is 2. The summed E-state index contributed by atoms with van der Waals surface area (Å²) in [6, 6.07) is 10.8. The number of hydrogen-bond acceptors (Lipinski definition) is 11. The zero-order valence-corrected chi connectivity index (χ0v) is 33.2. The molecule has 0 unspecified atom stereocenters. The molecule has 56 heavy (non-hydrogen) atoms. The lowest BCUT2D eigenvalue weighted by molar-refractivity contribution is -0.140. The van der Waals surface area contributed by atoms with Crippen LogP contribution >= 0.6 is 7.14 Å². The first kappa shape index (κ1) is 44.3. The summed E-state index contributed by atoms with van der Waals surface area (Å²) in [6.45, 7) is 15.7. The van der Waals surface area contributed by atoms with Gasteiger partial charge in [0.1, 0.15) is 13.2 Å². The van der Waals surface area contributed by atoms with Gasteiger partial charge in [-0.15, -0.1) is 0 Å². The fourth-order valence-electron chi connectivity index (χ4n) is 6.36. The highest BCUT2D eigenvalue weighted by Crippen LogP contribution is 2.53. The summed E-state index contributed by atoms with van der Waals surface area (Å²) in [7, 11) is -4.74. The SMILES string of the molecule is C=CC(=O)OCCNC(=O)C(=O)Cc1c(C)cc(C)c(C(=O)P(=O)(C(=O)c2c(C)cc(C)c(CC(=O)C(=O)NCCOC(=O)C=C)c2C)c2ccccc2)c1C. The molecule has 294 valence electrons. The van der Waals surface area contributed by atoms with Gasteiger partial charge >= 0.3 is 11.9 Å². The van der Waals surface area contributed by atoms with Crippen LogP contribution in [0.1, 0.15) is 65.2 Å². The average Bonchev–Trinajstić information content (AvgIpc) is 3.17. The third kappa shape index (κ3) is 10.2. The van der Waals surface area contributed by atoms with E-state index in [0.717, 1.165) is 12.2 Å². The summed E-state index contributed by atoms with van der Waals surface area (Å²) < 4.78 is 25.1. The van der Waals surface area contributed by atoms with E-state index in [4.69, 9.17) is 9.47 Å². The standard InChI is InChI=1S/C42H45N2O11P/c1-9-35(47)54-18-16-43-39(49)33(45)22-31-24(3)20-26(5)37(28(31)7)41(51)56(53,30-14-12-11-13-15-30)42(52)38-27(6)21-25(4)32(29(38)8)23-34(46)40(50)44-17-19-55-36(48)10-2/h9-15,20-21H,1-2,16-19,22-23H2,3-8H3,(H,43,49)(H,44,50). The second kappa shape index (κ2) is 19.5. The maximum atomic E-state index is 15.5. The Hall–Kier alpha value is -6.07. The monoisotopic (exact) mass is 784 g/mol. The van der Waals surface area contributed by atoms with Gasteiger partial charge in [-0.2, -0.15) is 0 Å². The molecule has 0 saturated heterocycles. The van der Waals surface area contributed by atoms with Gasteiger partial charge in [0.05, 0.1) is 13.1 Å². The van der Waals surface area contributed by atoms with Crippen LogP contribution in [0.2, 0.25) is 0 Å². The Morgan fingerprint density at radius 1 is 0.607 bits per heavy atom. The summed E-state index contributed by atoms with van der Waals surface area (Å²) in [4.78, 5) is 104. The summed E-state index contributed by atoms with van der Waals surface area (Å²) in [6.07, 6.45) is 1.09. The lowest BCUT2D eigenvalue weighted by Gasteiger charge is -2.23. The van der Waals surface area contributed by atoms with E-state index in [1.54, 1.807) is 71.9 Å². The van der Waals surface area contributed by atoms with E-state index in [-0.39, 0.29) is 53.9 Å². The van der Waals surface area contributed by atoms with Crippen LogP contribution < -0.4 is 15.9 Å². The Kier molecular flexibility index (Phi) is 15.4. The molecule has 0 bridgehead atoms. The molecule has 13 nitrogen and oxygen atoms in total. The van der Waals surface area contributed by atoms with Gasteiger partial charge in [0.25, 0.3) is 11.8 Å². The number of rotatable bonds is 19. The Morgan fingerprint density at radius 3 is 1.34 bits per heavy atom. The third-order valence-electron chi connectivity index (χ3n) is 9.16. The first-order chi connectivity index (χ1) is 26.4. The van der Waals surface area contributed by atoms with Crippen molar-refractivity contribution in [3.05, 3.63) is 123 Å². The molecule has 2 amide bonds. The molecule has 0 aliphatic heterocycles. The van der Waals surface area contributed by atoms with Gasteiger partial charge in [-0.25, -0.2) is 9.59 Å². The minimum absolute atomic E-state index is 0.0305. The van der Waals surface area contributed by atoms with Crippen molar-refractivity contribution in [1.82, 2.24) is 10.6 Å². The molecule has 0 heterocycles. The molecule has 0 spiro atoms. The van der Waals surface area contributed by atoms with Crippen molar-refractivity contribution in [2.75, 3.05) is 26.3 Å². The van der Waals surface area contributed by atoms with Gasteiger partial charge in [-0.1, -0.05) is 55.6 Å². The number of benzene rings is 3. The lowest BCUT2D eigenvalue weighted by atomic mass is 9.91. The molecule has 0 fully saturated rings. The van der Waals surface area contributed by atoms with Crippen LogP contribution in [0, 0.1) is 41.5 Å². The molecule has 0 aliphatic rings. The number of carbonyl (C=O) groups is 8. The van der Waals surface area contributed by atoms with E-state index in [9.17, 15) is 38.4 Å². The van der Waals surface area contributed by atoms with Gasteiger partial charge in [0.2, 0.25) is 29.8 Å². The minimum Gasteiger partial charge on any atom is -0.461 e. The van der Waals surface area contributed by atoms with E-state index in [2.05, 4.69) is 23.8 Å². The first-order valence-electron chi connectivity index (χ1n) is 17.6. The number of Topliss-reactive ketones (excluding diaryl/α,β-unsaturated/α-hetero) is 2. The normalized spacial score (nSPS) is 10.8. The van der Waals surface area contributed by atoms with Crippen LogP contribution in [0.5, 0.6) is 0 Å². The van der Waals surface area contributed by atoms with E-state index in [0.29, 0.717) is 33.4 Å². The van der Waals surface area contributed by atoms with E-state index < -0.39 is 66.4 Å². The van der Waals surface area contributed by atoms with Crippen molar-refractivity contribution >= 4 is 58.8 Å². The fourth-order valence-corrected chi connectivity index (χ4v) is 8.93. The fraction of sp³-hybridized carbons (Fsp3) is 0.286. The average molecular weight is 785 g/mol. The molecule has 14 heteroatoms. The molecule has 3 aromatic carbocycles. The Morgan fingerprint density at radius 2 is 0.982 bits per heavy atom. The summed E-state index contributed by atoms with van der Waals surface area (Å²) >= 11 is 0. The van der Waals surface area contributed by atoms with Gasteiger partial charge in [0.15, 0.2) is 0 Å². The van der Waals surface area contributed by atoms with Crippen LogP contribution in [0.3, 0.4) is 0 Å². The van der Waals surface area contributed by atoms with Gasteiger partial charge in [0, 0.05) is 41.4 Å². The highest BCUT2D eigenvalue weighted by Gasteiger charge is 2.45. The van der Waals surface area contributed by atoms with Gasteiger partial charge < -0.3 is 24.7 Å². The molecular weight excluding hydrogens is 739 g/mol. The minimum atomic E-state index is -4.74. The van der Waals surface area contributed by atoms with Crippen molar-refractivity contribution in [2.24, 2.45) is 0 Å². The maximum absolute atomic E-state index is 15.5. The number of esters is 2. The number of carbonyl (C=O) groups excluding carboxylic acids is 8. The largest absolute Gasteiger partial charge is 0.461 e. The van der Waals surface area contributed by atoms with Crippen LogP contribution in [-0.2, 0) is 55.6 Å². The molecule has 3 aromatic rings. The second-order valence-corrected chi connectivity index (χ2v) is 15.5. The first-order valence-corrected chi connectivity index (χ1v) is 19.3. The highest BCUT2D eigenvalue weighted by atomic mass is 31.2. The van der Waals surface area contributed by atoms with E-state index >= 15 is 4.57 Å². The zero-order valence-electron chi connectivity index (χ0n) is 32.3. The topological polar surface area (TPSA) is 196 Å². The van der Waals surface area contributed by atoms with Crippen LogP contribution in [-0.4, -0.2) is 72.7 Å². The molecular formula is C42H45N2O11P. The van der Waals surface area contributed by atoms with Crippen molar-refractivity contribution in [2.45, 2.75) is 54.4 Å². The van der Waals surface area contributed by atoms with Gasteiger partial charge in [-0.3, -0.25) is 28.8 Å². The lowest BCUT2D eigenvalue weighted by Crippen LogP contribution is -2.35. The predicted octanol–water partition coefficient (Wildman–Crippen LogP) is 4.12. The highest BCUT2D eigenvalue weighted by molar-refractivity contribution is 8.01. The van der Waals surface area contributed by atoms with Crippen LogP contribution in [0.15, 0.2) is 67.8 Å². The second-order valence-electron chi connectivity index (χ2n) is 13.0. The Balaban J connectivity index is 2.05. The summed E-state index contributed by atoms with van der Waals surface area (Å²) in [5.74, 6) is -4.94. The van der Waals surface area contributed by atoms with E-state index in [1.807, 2.05) is 0 Å². The van der Waals surface area contributed by atoms with Crippen molar-refractivity contribution in [1.29, 1.82) is 0 Å². The molecule has 0 aliphatic carbocycles.